The lowest BCUT2D eigenvalue weighted by Crippen LogP contribution is -2.43. The van der Waals surface area contributed by atoms with Crippen LogP contribution in [0.25, 0.3) is 0 Å². The van der Waals surface area contributed by atoms with E-state index in [4.69, 9.17) is 9.47 Å². The topological polar surface area (TPSA) is 97.0 Å². The quantitative estimate of drug-likeness (QED) is 0.649. The van der Waals surface area contributed by atoms with E-state index in [9.17, 15) is 14.4 Å². The minimum Gasteiger partial charge on any atom is -0.494 e. The highest BCUT2D eigenvalue weighted by atomic mass is 16.5. The number of fused-ring (bicyclic) bond motifs is 1. The van der Waals surface area contributed by atoms with Crippen LogP contribution in [0.2, 0.25) is 0 Å². The Bertz CT molecular complexity index is 1060. The standard InChI is InChI=1S/C24H27N3O5/c1-4-31-19-11-16-10-15(2)32-20(16)12-17(19)13-25-21(28)14-27-22(29)24(3,26-23(27)30)18-8-6-5-7-9-18/h5-9,11-12,15H,4,10,13-14H2,1-3H3,(H,25,28)(H,26,30). The Morgan fingerprint density at radius 3 is 2.75 bits per heavy atom. The van der Waals surface area contributed by atoms with E-state index in [2.05, 4.69) is 10.6 Å². The molecular formula is C24H27N3O5. The fourth-order valence-corrected chi connectivity index (χ4v) is 4.11. The van der Waals surface area contributed by atoms with Gasteiger partial charge in [0.1, 0.15) is 29.7 Å². The number of hydrogen-bond acceptors (Lipinski definition) is 5. The zero-order valence-corrected chi connectivity index (χ0v) is 18.4. The molecule has 2 aromatic rings. The Kier molecular flexibility index (Phi) is 5.78. The lowest BCUT2D eigenvalue weighted by atomic mass is 9.92. The van der Waals surface area contributed by atoms with Gasteiger partial charge in [0.25, 0.3) is 5.91 Å². The van der Waals surface area contributed by atoms with E-state index >= 15 is 0 Å². The van der Waals surface area contributed by atoms with Gasteiger partial charge < -0.3 is 20.1 Å². The average Bonchev–Trinajstić information content (AvgIpc) is 3.24. The largest absolute Gasteiger partial charge is 0.494 e. The lowest BCUT2D eigenvalue weighted by Gasteiger charge is -2.22. The van der Waals surface area contributed by atoms with Gasteiger partial charge in [-0.05, 0) is 38.5 Å². The number of ether oxygens (including phenoxy) is 2. The fourth-order valence-electron chi connectivity index (χ4n) is 4.11. The van der Waals surface area contributed by atoms with Gasteiger partial charge in [-0.3, -0.25) is 14.5 Å². The van der Waals surface area contributed by atoms with Crippen LogP contribution in [-0.2, 0) is 28.1 Å². The van der Waals surface area contributed by atoms with Crippen molar-refractivity contribution in [3.63, 3.8) is 0 Å². The fraction of sp³-hybridized carbons (Fsp3) is 0.375. The van der Waals surface area contributed by atoms with E-state index in [0.29, 0.717) is 17.9 Å². The van der Waals surface area contributed by atoms with Crippen molar-refractivity contribution >= 4 is 17.8 Å². The Balaban J connectivity index is 1.43. The summed E-state index contributed by atoms with van der Waals surface area (Å²) in [7, 11) is 0. The summed E-state index contributed by atoms with van der Waals surface area (Å²) >= 11 is 0. The van der Waals surface area contributed by atoms with E-state index in [1.54, 1.807) is 31.2 Å². The summed E-state index contributed by atoms with van der Waals surface area (Å²) in [6, 6.07) is 12.2. The van der Waals surface area contributed by atoms with Crippen LogP contribution < -0.4 is 20.1 Å². The van der Waals surface area contributed by atoms with Gasteiger partial charge >= 0.3 is 6.03 Å². The number of urea groups is 1. The number of benzene rings is 2. The second-order valence-electron chi connectivity index (χ2n) is 8.22. The van der Waals surface area contributed by atoms with Crippen molar-refractivity contribution < 1.29 is 23.9 Å². The highest BCUT2D eigenvalue weighted by Crippen LogP contribution is 2.35. The predicted molar refractivity (Wildman–Crippen MR) is 117 cm³/mol. The Morgan fingerprint density at radius 2 is 2.03 bits per heavy atom. The molecule has 0 aliphatic carbocycles. The molecule has 4 rings (SSSR count). The summed E-state index contributed by atoms with van der Waals surface area (Å²) in [5, 5.41) is 5.49. The Labute approximate surface area is 186 Å². The van der Waals surface area contributed by atoms with Crippen molar-refractivity contribution in [3.8, 4) is 11.5 Å². The minimum absolute atomic E-state index is 0.0999. The van der Waals surface area contributed by atoms with Crippen LogP contribution in [-0.4, -0.2) is 42.0 Å². The highest BCUT2D eigenvalue weighted by Gasteiger charge is 2.49. The molecule has 4 amide bonds. The van der Waals surface area contributed by atoms with E-state index in [-0.39, 0.29) is 19.2 Å². The van der Waals surface area contributed by atoms with Crippen molar-refractivity contribution in [2.24, 2.45) is 0 Å². The van der Waals surface area contributed by atoms with E-state index in [1.807, 2.05) is 32.0 Å². The molecule has 0 aromatic heterocycles. The third kappa shape index (κ3) is 4.00. The average molecular weight is 437 g/mol. The third-order valence-corrected chi connectivity index (χ3v) is 5.78. The molecular weight excluding hydrogens is 410 g/mol. The van der Waals surface area contributed by atoms with Gasteiger partial charge in [0, 0.05) is 24.1 Å². The van der Waals surface area contributed by atoms with Crippen LogP contribution in [0.4, 0.5) is 4.79 Å². The molecule has 1 fully saturated rings. The van der Waals surface area contributed by atoms with E-state index < -0.39 is 23.4 Å². The molecule has 1 saturated heterocycles. The molecule has 2 N–H and O–H groups in total. The van der Waals surface area contributed by atoms with Gasteiger partial charge in [0.2, 0.25) is 5.91 Å². The molecule has 2 heterocycles. The van der Waals surface area contributed by atoms with Crippen molar-refractivity contribution in [2.45, 2.75) is 45.4 Å². The van der Waals surface area contributed by atoms with Crippen LogP contribution in [0.3, 0.4) is 0 Å². The monoisotopic (exact) mass is 437 g/mol. The molecule has 2 aliphatic rings. The molecule has 2 aliphatic heterocycles. The maximum Gasteiger partial charge on any atom is 0.325 e. The number of imide groups is 1. The van der Waals surface area contributed by atoms with E-state index in [1.165, 1.54) is 0 Å². The molecule has 168 valence electrons. The maximum atomic E-state index is 13.0. The molecule has 0 bridgehead atoms. The zero-order chi connectivity index (χ0) is 22.9. The summed E-state index contributed by atoms with van der Waals surface area (Å²) in [4.78, 5) is 39.0. The normalized spacial score (nSPS) is 21.7. The summed E-state index contributed by atoms with van der Waals surface area (Å²) in [5.41, 5.74) is 1.32. The summed E-state index contributed by atoms with van der Waals surface area (Å²) in [6.07, 6.45) is 0.914. The Hall–Kier alpha value is -3.55. The number of nitrogens with zero attached hydrogens (tertiary/aromatic N) is 1. The third-order valence-electron chi connectivity index (χ3n) is 5.78. The van der Waals surface area contributed by atoms with Gasteiger partial charge in [0.05, 0.1) is 6.61 Å². The minimum atomic E-state index is -1.20. The van der Waals surface area contributed by atoms with Gasteiger partial charge in [-0.2, -0.15) is 0 Å². The number of carbonyl (C=O) groups excluding carboxylic acids is 3. The van der Waals surface area contributed by atoms with Gasteiger partial charge in [-0.25, -0.2) is 4.79 Å². The first-order valence-electron chi connectivity index (χ1n) is 10.7. The Morgan fingerprint density at radius 1 is 1.28 bits per heavy atom. The van der Waals surface area contributed by atoms with Crippen molar-refractivity contribution in [1.82, 2.24) is 15.5 Å². The molecule has 2 aromatic carbocycles. The number of hydrogen-bond donors (Lipinski definition) is 2. The van der Waals surface area contributed by atoms with Gasteiger partial charge in [-0.1, -0.05) is 30.3 Å². The number of rotatable bonds is 7. The first kappa shape index (κ1) is 21.7. The SMILES string of the molecule is CCOc1cc2c(cc1CNC(=O)CN1C(=O)NC(C)(c3ccccc3)C1=O)OC(C)C2. The molecule has 0 radical (unpaired) electrons. The first-order chi connectivity index (χ1) is 15.3. The molecule has 32 heavy (non-hydrogen) atoms. The van der Waals surface area contributed by atoms with Crippen LogP contribution >= 0.6 is 0 Å². The van der Waals surface area contributed by atoms with Crippen molar-refractivity contribution in [1.29, 1.82) is 0 Å². The molecule has 0 saturated carbocycles. The highest BCUT2D eigenvalue weighted by molar-refractivity contribution is 6.09. The van der Waals surface area contributed by atoms with Gasteiger partial charge in [-0.15, -0.1) is 0 Å². The van der Waals surface area contributed by atoms with Crippen LogP contribution in [0.1, 0.15) is 37.5 Å². The summed E-state index contributed by atoms with van der Waals surface area (Å²) < 4.78 is 11.6. The molecule has 8 heteroatoms. The van der Waals surface area contributed by atoms with Crippen molar-refractivity contribution in [2.75, 3.05) is 13.2 Å². The van der Waals surface area contributed by atoms with E-state index in [0.717, 1.165) is 28.2 Å². The maximum absolute atomic E-state index is 13.0. The number of amides is 4. The van der Waals surface area contributed by atoms with Crippen LogP contribution in [0.15, 0.2) is 42.5 Å². The van der Waals surface area contributed by atoms with Crippen LogP contribution in [0, 0.1) is 0 Å². The second kappa shape index (κ2) is 8.53. The molecule has 2 atom stereocenters. The summed E-state index contributed by atoms with van der Waals surface area (Å²) in [5.74, 6) is 0.579. The second-order valence-corrected chi connectivity index (χ2v) is 8.22. The zero-order valence-electron chi connectivity index (χ0n) is 18.4. The summed E-state index contributed by atoms with van der Waals surface area (Å²) in [6.45, 7) is 5.87. The van der Waals surface area contributed by atoms with Gasteiger partial charge in [0.15, 0.2) is 0 Å². The number of carbonyl (C=O) groups is 3. The molecule has 8 nitrogen and oxygen atoms in total. The first-order valence-corrected chi connectivity index (χ1v) is 10.7. The van der Waals surface area contributed by atoms with Crippen molar-refractivity contribution in [3.05, 3.63) is 59.2 Å². The lowest BCUT2D eigenvalue weighted by molar-refractivity contribution is -0.134. The van der Waals surface area contributed by atoms with Crippen LogP contribution in [0.5, 0.6) is 11.5 Å². The predicted octanol–water partition coefficient (Wildman–Crippen LogP) is 2.49. The molecule has 0 spiro atoms. The molecule has 2 unspecified atom stereocenters. The number of nitrogens with one attached hydrogen (secondary N) is 2. The smallest absolute Gasteiger partial charge is 0.325 e.